The van der Waals surface area contributed by atoms with E-state index in [1.54, 1.807) is 6.92 Å². The third kappa shape index (κ3) is 3.35. The molecule has 1 fully saturated rings. The average Bonchev–Trinajstić information content (AvgIpc) is 2.52. The summed E-state index contributed by atoms with van der Waals surface area (Å²) in [5, 5.41) is 0. The number of esters is 1. The van der Waals surface area contributed by atoms with Crippen LogP contribution in [0.15, 0.2) is 34.5 Å². The first-order chi connectivity index (χ1) is 12.2. The molecule has 0 unspecified atom stereocenters. The largest absolute Gasteiger partial charge is 0.463 e. The minimum absolute atomic E-state index is 0.112. The molecule has 5 heteroatoms. The Morgan fingerprint density at radius 3 is 2.62 bits per heavy atom. The van der Waals surface area contributed by atoms with Gasteiger partial charge in [-0.15, -0.1) is 0 Å². The monoisotopic (exact) mass is 354 g/mol. The fraction of sp³-hybridized carbons (Fsp3) is 0.524. The van der Waals surface area contributed by atoms with E-state index in [9.17, 15) is 9.59 Å². The standard InChI is InChI=1S/C21H26N2O3/c1-6-26-20(25)17-13(3)23-15-10-21(4,5)11-16(24)18(15)19(17)14-9-7-8-12(2)22-14/h7-9,18-19H,6,10-11H2,1-5H3/t18-,19-/m0/s1. The van der Waals surface area contributed by atoms with Gasteiger partial charge in [0.25, 0.3) is 0 Å². The van der Waals surface area contributed by atoms with Gasteiger partial charge in [0.1, 0.15) is 5.78 Å². The van der Waals surface area contributed by atoms with Gasteiger partial charge < -0.3 is 4.74 Å². The van der Waals surface area contributed by atoms with Crippen LogP contribution in [0.4, 0.5) is 0 Å². The molecule has 0 bridgehead atoms. The molecule has 3 rings (SSSR count). The lowest BCUT2D eigenvalue weighted by molar-refractivity contribution is -0.139. The van der Waals surface area contributed by atoms with Gasteiger partial charge >= 0.3 is 5.97 Å². The van der Waals surface area contributed by atoms with Crippen molar-refractivity contribution in [2.45, 2.75) is 53.4 Å². The van der Waals surface area contributed by atoms with Gasteiger partial charge in [0, 0.05) is 29.2 Å². The molecule has 1 aromatic rings. The first-order valence-electron chi connectivity index (χ1n) is 9.15. The number of hydrogen-bond acceptors (Lipinski definition) is 5. The third-order valence-electron chi connectivity index (χ3n) is 5.09. The maximum atomic E-state index is 13.1. The van der Waals surface area contributed by atoms with Gasteiger partial charge in [0.05, 0.1) is 24.0 Å². The first kappa shape index (κ1) is 18.5. The summed E-state index contributed by atoms with van der Waals surface area (Å²) in [6, 6.07) is 5.71. The number of carbonyl (C=O) groups is 2. The molecule has 26 heavy (non-hydrogen) atoms. The highest BCUT2D eigenvalue weighted by molar-refractivity contribution is 6.12. The zero-order valence-electron chi connectivity index (χ0n) is 16.1. The Balaban J connectivity index is 2.17. The average molecular weight is 354 g/mol. The van der Waals surface area contributed by atoms with E-state index in [0.717, 1.165) is 23.5 Å². The van der Waals surface area contributed by atoms with E-state index in [2.05, 4.69) is 23.8 Å². The summed E-state index contributed by atoms with van der Waals surface area (Å²) in [6.45, 7) is 9.97. The first-order valence-corrected chi connectivity index (χ1v) is 9.15. The van der Waals surface area contributed by atoms with Crippen LogP contribution in [0.2, 0.25) is 0 Å². The fourth-order valence-corrected chi connectivity index (χ4v) is 4.12. The molecule has 2 aliphatic rings. The minimum atomic E-state index is -0.430. The number of Topliss-reactive ketones (excluding diaryl/α,β-unsaturated/α-hetero) is 1. The van der Waals surface area contributed by atoms with Crippen LogP contribution < -0.4 is 0 Å². The summed E-state index contributed by atoms with van der Waals surface area (Å²) < 4.78 is 5.28. The molecule has 1 aliphatic carbocycles. The molecule has 0 aromatic carbocycles. The number of ether oxygens (including phenoxy) is 1. The van der Waals surface area contributed by atoms with Crippen LogP contribution in [0.5, 0.6) is 0 Å². The van der Waals surface area contributed by atoms with Crippen LogP contribution in [-0.2, 0) is 14.3 Å². The minimum Gasteiger partial charge on any atom is -0.463 e. The van der Waals surface area contributed by atoms with E-state index in [0.29, 0.717) is 17.7 Å². The van der Waals surface area contributed by atoms with Crippen molar-refractivity contribution in [3.8, 4) is 0 Å². The molecule has 2 heterocycles. The Morgan fingerprint density at radius 1 is 1.23 bits per heavy atom. The Hall–Kier alpha value is -2.30. The molecule has 0 N–H and O–H groups in total. The SMILES string of the molecule is CCOC(=O)C1=C(C)N=C2CC(C)(C)CC(=O)[C@H]2[C@H]1c1cccc(C)n1. The van der Waals surface area contributed by atoms with Crippen molar-refractivity contribution in [3.05, 3.63) is 40.9 Å². The van der Waals surface area contributed by atoms with Crippen molar-refractivity contribution in [2.24, 2.45) is 16.3 Å². The van der Waals surface area contributed by atoms with Crippen LogP contribution >= 0.6 is 0 Å². The zero-order valence-corrected chi connectivity index (χ0v) is 16.1. The van der Waals surface area contributed by atoms with Crippen LogP contribution in [-0.4, -0.2) is 29.1 Å². The van der Waals surface area contributed by atoms with Gasteiger partial charge in [-0.25, -0.2) is 4.79 Å². The maximum absolute atomic E-state index is 13.1. The highest BCUT2D eigenvalue weighted by Gasteiger charge is 2.48. The third-order valence-corrected chi connectivity index (χ3v) is 5.09. The Labute approximate surface area is 154 Å². The Morgan fingerprint density at radius 2 is 1.96 bits per heavy atom. The molecule has 138 valence electrons. The van der Waals surface area contributed by atoms with Gasteiger partial charge in [0.2, 0.25) is 0 Å². The van der Waals surface area contributed by atoms with E-state index in [1.807, 2.05) is 32.0 Å². The number of rotatable bonds is 3. The number of carbonyl (C=O) groups excluding carboxylic acids is 2. The van der Waals surface area contributed by atoms with Crippen LogP contribution in [0.3, 0.4) is 0 Å². The number of hydrogen-bond donors (Lipinski definition) is 0. The van der Waals surface area contributed by atoms with Crippen LogP contribution in [0.25, 0.3) is 0 Å². The van der Waals surface area contributed by atoms with E-state index >= 15 is 0 Å². The second-order valence-corrected chi connectivity index (χ2v) is 7.97. The topological polar surface area (TPSA) is 68.6 Å². The Bertz CT molecular complexity index is 820. The van der Waals surface area contributed by atoms with E-state index in [1.165, 1.54) is 0 Å². The lowest BCUT2D eigenvalue weighted by Gasteiger charge is -2.40. The highest BCUT2D eigenvalue weighted by atomic mass is 16.5. The molecule has 0 spiro atoms. The summed E-state index contributed by atoms with van der Waals surface area (Å²) in [7, 11) is 0. The Kier molecular flexibility index (Phi) is 4.82. The molecule has 1 aromatic heterocycles. The van der Waals surface area contributed by atoms with Crippen molar-refractivity contribution < 1.29 is 14.3 Å². The van der Waals surface area contributed by atoms with Crippen molar-refractivity contribution in [1.29, 1.82) is 0 Å². The van der Waals surface area contributed by atoms with Crippen molar-refractivity contribution >= 4 is 17.5 Å². The van der Waals surface area contributed by atoms with Gasteiger partial charge in [-0.05, 0) is 44.7 Å². The fourth-order valence-electron chi connectivity index (χ4n) is 4.12. The molecule has 0 amide bonds. The lowest BCUT2D eigenvalue weighted by Crippen LogP contribution is -2.44. The normalized spacial score (nSPS) is 24.8. The number of aliphatic imine (C=N–C) groups is 1. The lowest BCUT2D eigenvalue weighted by atomic mass is 9.64. The summed E-state index contributed by atoms with van der Waals surface area (Å²) in [6.07, 6.45) is 1.23. The second kappa shape index (κ2) is 6.78. The highest BCUT2D eigenvalue weighted by Crippen LogP contribution is 2.46. The molecule has 1 aliphatic heterocycles. The number of ketones is 1. The predicted octanol–water partition coefficient (Wildman–Crippen LogP) is 3.77. The number of nitrogens with zero attached hydrogens (tertiary/aromatic N) is 2. The van der Waals surface area contributed by atoms with Crippen LogP contribution in [0, 0.1) is 18.3 Å². The number of aryl methyl sites for hydroxylation is 1. The number of aromatic nitrogens is 1. The number of pyridine rings is 1. The quantitative estimate of drug-likeness (QED) is 0.775. The van der Waals surface area contributed by atoms with Gasteiger partial charge in [-0.1, -0.05) is 19.9 Å². The zero-order chi connectivity index (χ0) is 19.1. The number of fused-ring (bicyclic) bond motifs is 1. The van der Waals surface area contributed by atoms with E-state index < -0.39 is 17.8 Å². The number of allylic oxidation sites excluding steroid dienone is 1. The smallest absolute Gasteiger partial charge is 0.336 e. The summed E-state index contributed by atoms with van der Waals surface area (Å²) >= 11 is 0. The maximum Gasteiger partial charge on any atom is 0.336 e. The molecule has 0 saturated heterocycles. The summed E-state index contributed by atoms with van der Waals surface area (Å²) in [5.74, 6) is -1.13. The van der Waals surface area contributed by atoms with Crippen molar-refractivity contribution in [1.82, 2.24) is 4.98 Å². The van der Waals surface area contributed by atoms with Crippen LogP contribution in [0.1, 0.15) is 57.8 Å². The summed E-state index contributed by atoms with van der Waals surface area (Å²) in [5.41, 5.74) is 3.44. The van der Waals surface area contributed by atoms with Crippen molar-refractivity contribution in [3.63, 3.8) is 0 Å². The molecule has 5 nitrogen and oxygen atoms in total. The van der Waals surface area contributed by atoms with Crippen molar-refractivity contribution in [2.75, 3.05) is 6.61 Å². The van der Waals surface area contributed by atoms with E-state index in [-0.39, 0.29) is 17.8 Å². The summed E-state index contributed by atoms with van der Waals surface area (Å²) in [4.78, 5) is 35.1. The van der Waals surface area contributed by atoms with E-state index in [4.69, 9.17) is 4.74 Å². The molecule has 2 atom stereocenters. The van der Waals surface area contributed by atoms with Gasteiger partial charge in [0.15, 0.2) is 0 Å². The predicted molar refractivity (Wildman–Crippen MR) is 100.0 cm³/mol. The molecule has 0 radical (unpaired) electrons. The molecular weight excluding hydrogens is 328 g/mol. The molecular formula is C21H26N2O3. The molecule has 1 saturated carbocycles. The van der Waals surface area contributed by atoms with Gasteiger partial charge in [-0.3, -0.25) is 14.8 Å². The van der Waals surface area contributed by atoms with Gasteiger partial charge in [-0.2, -0.15) is 0 Å². The second-order valence-electron chi connectivity index (χ2n) is 7.97.